The van der Waals surface area contributed by atoms with Gasteiger partial charge in [-0.1, -0.05) is 12.1 Å². The fraction of sp³-hybridized carbons (Fsp3) is 0.391. The number of carbonyl (C=O) groups is 2. The minimum Gasteiger partial charge on any atom is -0.352 e. The van der Waals surface area contributed by atoms with Crippen molar-refractivity contribution in [1.29, 1.82) is 0 Å². The van der Waals surface area contributed by atoms with Crippen LogP contribution >= 0.6 is 0 Å². The zero-order chi connectivity index (χ0) is 24.2. The number of piperazine rings is 1. The highest BCUT2D eigenvalue weighted by molar-refractivity contribution is 7.89. The maximum Gasteiger partial charge on any atom is 0.243 e. The molecule has 0 aromatic heterocycles. The van der Waals surface area contributed by atoms with Crippen LogP contribution in [0, 0.1) is 25.5 Å². The number of nitrogens with zero attached hydrogens (tertiary/aromatic N) is 2. The summed E-state index contributed by atoms with van der Waals surface area (Å²) in [5, 5.41) is 2.54. The molecule has 1 aliphatic heterocycles. The number of rotatable bonds is 7. The number of benzene rings is 2. The molecule has 0 saturated carbocycles. The van der Waals surface area contributed by atoms with Crippen molar-refractivity contribution < 1.29 is 26.8 Å². The van der Waals surface area contributed by atoms with Gasteiger partial charge in [-0.3, -0.25) is 9.59 Å². The maximum atomic E-state index is 13.2. The van der Waals surface area contributed by atoms with Gasteiger partial charge in [0.25, 0.3) is 0 Å². The molecule has 0 aliphatic carbocycles. The van der Waals surface area contributed by atoms with Gasteiger partial charge in [0, 0.05) is 51.6 Å². The fourth-order valence-electron chi connectivity index (χ4n) is 3.68. The summed E-state index contributed by atoms with van der Waals surface area (Å²) in [4.78, 5) is 26.3. The van der Waals surface area contributed by atoms with Gasteiger partial charge in [-0.2, -0.15) is 4.31 Å². The third kappa shape index (κ3) is 6.35. The normalized spacial score (nSPS) is 14.8. The average molecular weight is 480 g/mol. The molecule has 1 heterocycles. The summed E-state index contributed by atoms with van der Waals surface area (Å²) in [6.45, 7) is 4.39. The van der Waals surface area contributed by atoms with Crippen LogP contribution in [0.15, 0.2) is 41.3 Å². The van der Waals surface area contributed by atoms with E-state index in [2.05, 4.69) is 5.32 Å². The number of hydrogen-bond acceptors (Lipinski definition) is 4. The van der Waals surface area contributed by atoms with E-state index in [0.717, 1.165) is 23.8 Å². The number of nitrogens with one attached hydrogen (secondary N) is 1. The van der Waals surface area contributed by atoms with Gasteiger partial charge in [-0.25, -0.2) is 17.2 Å². The first-order valence-corrected chi connectivity index (χ1v) is 12.1. The van der Waals surface area contributed by atoms with Gasteiger partial charge >= 0.3 is 0 Å². The van der Waals surface area contributed by atoms with Crippen molar-refractivity contribution in [3.63, 3.8) is 0 Å². The predicted octanol–water partition coefficient (Wildman–Crippen LogP) is 2.51. The number of halogens is 2. The number of amides is 2. The molecule has 10 heteroatoms. The lowest BCUT2D eigenvalue weighted by Crippen LogP contribution is -2.50. The van der Waals surface area contributed by atoms with Crippen LogP contribution in [0.2, 0.25) is 0 Å². The quantitative estimate of drug-likeness (QED) is 0.661. The van der Waals surface area contributed by atoms with Gasteiger partial charge in [0.1, 0.15) is 11.6 Å². The lowest BCUT2D eigenvalue weighted by Gasteiger charge is -2.34. The molecule has 3 rings (SSSR count). The highest BCUT2D eigenvalue weighted by Gasteiger charge is 2.31. The van der Waals surface area contributed by atoms with Crippen molar-refractivity contribution in [2.24, 2.45) is 0 Å². The summed E-state index contributed by atoms with van der Waals surface area (Å²) in [5.74, 6) is -2.11. The van der Waals surface area contributed by atoms with Crippen LogP contribution in [0.4, 0.5) is 8.78 Å². The van der Waals surface area contributed by atoms with Crippen LogP contribution in [0.5, 0.6) is 0 Å². The van der Waals surface area contributed by atoms with E-state index >= 15 is 0 Å². The summed E-state index contributed by atoms with van der Waals surface area (Å²) in [6, 6.07) is 8.28. The monoisotopic (exact) mass is 479 g/mol. The second kappa shape index (κ2) is 10.4. The zero-order valence-electron chi connectivity index (χ0n) is 18.6. The third-order valence-corrected chi connectivity index (χ3v) is 7.57. The molecular weight excluding hydrogens is 452 g/mol. The van der Waals surface area contributed by atoms with Crippen LogP contribution in [0.25, 0.3) is 0 Å². The molecule has 2 aromatic carbocycles. The molecule has 0 unspecified atom stereocenters. The number of aryl methyl sites for hydroxylation is 2. The summed E-state index contributed by atoms with van der Waals surface area (Å²) >= 11 is 0. The van der Waals surface area contributed by atoms with E-state index < -0.39 is 27.6 Å². The van der Waals surface area contributed by atoms with Gasteiger partial charge in [0.2, 0.25) is 21.8 Å². The maximum absolute atomic E-state index is 13.2. The van der Waals surface area contributed by atoms with Gasteiger partial charge in [0.15, 0.2) is 0 Å². The van der Waals surface area contributed by atoms with Gasteiger partial charge < -0.3 is 10.2 Å². The zero-order valence-corrected chi connectivity index (χ0v) is 19.4. The molecule has 1 saturated heterocycles. The Hall–Kier alpha value is -2.85. The standard InChI is InChI=1S/C23H27F2N3O4S/c1-16-3-4-17(2)21(11-16)33(31,32)28-9-7-27(8-10-28)23(30)6-5-22(29)26-15-18-12-19(24)14-20(25)13-18/h3-4,11-14H,5-10,15H2,1-2H3,(H,26,29). The first-order valence-electron chi connectivity index (χ1n) is 10.6. The third-order valence-electron chi connectivity index (χ3n) is 5.53. The number of carbonyl (C=O) groups excluding carboxylic acids is 2. The number of hydrogen-bond donors (Lipinski definition) is 1. The topological polar surface area (TPSA) is 86.8 Å². The van der Waals surface area contributed by atoms with E-state index in [9.17, 15) is 26.8 Å². The van der Waals surface area contributed by atoms with Gasteiger partial charge in [-0.05, 0) is 48.7 Å². The Bertz CT molecular complexity index is 1130. The molecule has 1 fully saturated rings. The Morgan fingerprint density at radius 1 is 0.939 bits per heavy atom. The molecule has 0 spiro atoms. The molecule has 178 valence electrons. The van der Waals surface area contributed by atoms with Crippen LogP contribution in [-0.4, -0.2) is 55.6 Å². The van der Waals surface area contributed by atoms with E-state index in [1.807, 2.05) is 13.0 Å². The van der Waals surface area contributed by atoms with E-state index in [1.165, 1.54) is 4.31 Å². The van der Waals surface area contributed by atoms with Crippen molar-refractivity contribution in [3.8, 4) is 0 Å². The van der Waals surface area contributed by atoms with Crippen molar-refractivity contribution in [1.82, 2.24) is 14.5 Å². The first kappa shape index (κ1) is 24.8. The van der Waals surface area contributed by atoms with Crippen molar-refractivity contribution in [2.45, 2.75) is 38.1 Å². The fourth-order valence-corrected chi connectivity index (χ4v) is 5.41. The summed E-state index contributed by atoms with van der Waals surface area (Å²) in [5.41, 5.74) is 1.81. The summed E-state index contributed by atoms with van der Waals surface area (Å²) in [7, 11) is -3.65. The molecule has 0 radical (unpaired) electrons. The first-order chi connectivity index (χ1) is 15.6. The van der Waals surface area contributed by atoms with Crippen molar-refractivity contribution >= 4 is 21.8 Å². The molecule has 7 nitrogen and oxygen atoms in total. The Labute approximate surface area is 192 Å². The Kier molecular flexibility index (Phi) is 7.80. The van der Waals surface area contributed by atoms with E-state index in [0.29, 0.717) is 5.56 Å². The minimum absolute atomic E-state index is 0.0346. The van der Waals surface area contributed by atoms with Crippen LogP contribution in [0.3, 0.4) is 0 Å². The lowest BCUT2D eigenvalue weighted by molar-refractivity contribution is -0.134. The molecule has 33 heavy (non-hydrogen) atoms. The summed E-state index contributed by atoms with van der Waals surface area (Å²) in [6.07, 6.45) is -0.106. The smallest absolute Gasteiger partial charge is 0.243 e. The predicted molar refractivity (Wildman–Crippen MR) is 119 cm³/mol. The summed E-state index contributed by atoms with van der Waals surface area (Å²) < 4.78 is 53.8. The molecule has 0 atom stereocenters. The van der Waals surface area contributed by atoms with Crippen molar-refractivity contribution in [3.05, 3.63) is 64.7 Å². The molecule has 2 aromatic rings. The SMILES string of the molecule is Cc1ccc(C)c(S(=O)(=O)N2CCN(C(=O)CCC(=O)NCc3cc(F)cc(F)c3)CC2)c1. The van der Waals surface area contributed by atoms with E-state index in [4.69, 9.17) is 0 Å². The Morgan fingerprint density at radius 3 is 2.21 bits per heavy atom. The van der Waals surface area contributed by atoms with Crippen LogP contribution in [-0.2, 0) is 26.2 Å². The lowest BCUT2D eigenvalue weighted by atomic mass is 10.2. The second-order valence-corrected chi connectivity index (χ2v) is 10.0. The highest BCUT2D eigenvalue weighted by Crippen LogP contribution is 2.22. The average Bonchev–Trinajstić information content (AvgIpc) is 2.77. The highest BCUT2D eigenvalue weighted by atomic mass is 32.2. The molecule has 1 N–H and O–H groups in total. The van der Waals surface area contributed by atoms with Gasteiger partial charge in [0.05, 0.1) is 4.90 Å². The Morgan fingerprint density at radius 2 is 1.58 bits per heavy atom. The van der Waals surface area contributed by atoms with E-state index in [1.54, 1.807) is 24.0 Å². The minimum atomic E-state index is -3.65. The second-order valence-electron chi connectivity index (χ2n) is 8.11. The van der Waals surface area contributed by atoms with Crippen LogP contribution in [0.1, 0.15) is 29.5 Å². The largest absolute Gasteiger partial charge is 0.352 e. The van der Waals surface area contributed by atoms with Crippen molar-refractivity contribution in [2.75, 3.05) is 26.2 Å². The molecular formula is C23H27F2N3O4S. The molecule has 0 bridgehead atoms. The van der Waals surface area contributed by atoms with Crippen LogP contribution < -0.4 is 5.32 Å². The Balaban J connectivity index is 1.47. The number of sulfonamides is 1. The molecule has 2 amide bonds. The molecule has 1 aliphatic rings. The van der Waals surface area contributed by atoms with E-state index in [-0.39, 0.29) is 61.9 Å². The van der Waals surface area contributed by atoms with Gasteiger partial charge in [-0.15, -0.1) is 0 Å².